The molecule has 1 aliphatic rings. The highest BCUT2D eigenvalue weighted by molar-refractivity contribution is 5.72. The first-order valence-electron chi connectivity index (χ1n) is 7.48. The summed E-state index contributed by atoms with van der Waals surface area (Å²) in [6.07, 6.45) is 5.85. The van der Waals surface area contributed by atoms with E-state index >= 15 is 0 Å². The Bertz CT molecular complexity index is 873. The van der Waals surface area contributed by atoms with Gasteiger partial charge in [0.05, 0.1) is 5.56 Å². The largest absolute Gasteiger partial charge is 0.340 e. The summed E-state index contributed by atoms with van der Waals surface area (Å²) in [5.74, 6) is 0.759. The van der Waals surface area contributed by atoms with E-state index in [1.165, 1.54) is 5.56 Å². The van der Waals surface area contributed by atoms with Crippen LogP contribution in [0.5, 0.6) is 0 Å². The van der Waals surface area contributed by atoms with Crippen molar-refractivity contribution < 1.29 is 0 Å². The van der Waals surface area contributed by atoms with Crippen molar-refractivity contribution in [2.75, 3.05) is 5.32 Å². The van der Waals surface area contributed by atoms with Gasteiger partial charge in [0.15, 0.2) is 5.65 Å². The van der Waals surface area contributed by atoms with Gasteiger partial charge in [-0.2, -0.15) is 5.26 Å². The van der Waals surface area contributed by atoms with E-state index in [0.717, 1.165) is 48.4 Å². The molecule has 3 aromatic rings. The zero-order valence-electron chi connectivity index (χ0n) is 12.1. The molecule has 1 aromatic carbocycles. The third-order valence-corrected chi connectivity index (χ3v) is 4.21. The fourth-order valence-corrected chi connectivity index (χ4v) is 3.20. The van der Waals surface area contributed by atoms with Gasteiger partial charge in [-0.15, -0.1) is 10.2 Å². The third kappa shape index (κ3) is 1.92. The smallest absolute Gasteiger partial charge is 0.165 e. The molecule has 108 valence electrons. The highest BCUT2D eigenvalue weighted by atomic mass is 15.3. The molecular weight excluding hydrogens is 274 g/mol. The van der Waals surface area contributed by atoms with E-state index in [1.807, 2.05) is 34.7 Å². The van der Waals surface area contributed by atoms with Crippen LogP contribution in [0.25, 0.3) is 5.65 Å². The number of aromatic nitrogens is 3. The van der Waals surface area contributed by atoms with Crippen LogP contribution in [0.3, 0.4) is 0 Å². The molecule has 0 unspecified atom stereocenters. The predicted molar refractivity (Wildman–Crippen MR) is 84.1 cm³/mol. The van der Waals surface area contributed by atoms with Crippen molar-refractivity contribution in [3.63, 3.8) is 0 Å². The number of rotatable bonds is 2. The summed E-state index contributed by atoms with van der Waals surface area (Å²) in [7, 11) is 0. The van der Waals surface area contributed by atoms with Crippen LogP contribution < -0.4 is 5.32 Å². The molecule has 0 saturated heterocycles. The molecule has 0 atom stereocenters. The van der Waals surface area contributed by atoms with E-state index in [1.54, 1.807) is 6.33 Å². The minimum absolute atomic E-state index is 0.714. The summed E-state index contributed by atoms with van der Waals surface area (Å²) in [5.41, 5.74) is 4.84. The Morgan fingerprint density at radius 2 is 1.86 bits per heavy atom. The Labute approximate surface area is 128 Å². The fraction of sp³-hybridized carbons (Fsp3) is 0.235. The average molecular weight is 289 g/mol. The zero-order valence-corrected chi connectivity index (χ0v) is 12.1. The standard InChI is InChI=1S/C17H15N5/c18-10-15-13-8-4-5-9-14(13)17-21-19-11-22(17)16(15)20-12-6-2-1-3-7-12/h1-3,6-7,11,20H,4-5,8-9H2. The Kier molecular flexibility index (Phi) is 3.01. The van der Waals surface area contributed by atoms with Crippen molar-refractivity contribution >= 4 is 17.2 Å². The molecule has 22 heavy (non-hydrogen) atoms. The predicted octanol–water partition coefficient (Wildman–Crippen LogP) is 3.22. The minimum Gasteiger partial charge on any atom is -0.340 e. The average Bonchev–Trinajstić information content (AvgIpc) is 3.06. The zero-order chi connectivity index (χ0) is 14.9. The number of fused-ring (bicyclic) bond motifs is 3. The molecule has 0 saturated carbocycles. The van der Waals surface area contributed by atoms with Gasteiger partial charge in [0.25, 0.3) is 0 Å². The number of nitrogens with zero attached hydrogens (tertiary/aromatic N) is 4. The van der Waals surface area contributed by atoms with Gasteiger partial charge in [-0.05, 0) is 43.4 Å². The van der Waals surface area contributed by atoms with Crippen LogP contribution >= 0.6 is 0 Å². The molecule has 0 amide bonds. The van der Waals surface area contributed by atoms with Gasteiger partial charge < -0.3 is 5.32 Å². The van der Waals surface area contributed by atoms with Gasteiger partial charge in [-0.3, -0.25) is 4.40 Å². The molecule has 2 heterocycles. The van der Waals surface area contributed by atoms with Crippen LogP contribution in [0.15, 0.2) is 36.7 Å². The Morgan fingerprint density at radius 1 is 1.09 bits per heavy atom. The lowest BCUT2D eigenvalue weighted by atomic mass is 9.89. The number of nitrogens with one attached hydrogen (secondary N) is 1. The Morgan fingerprint density at radius 3 is 2.64 bits per heavy atom. The minimum atomic E-state index is 0.714. The van der Waals surface area contributed by atoms with Crippen molar-refractivity contribution in [2.45, 2.75) is 25.7 Å². The number of nitriles is 1. The van der Waals surface area contributed by atoms with Gasteiger partial charge >= 0.3 is 0 Å². The Balaban J connectivity index is 1.97. The molecule has 0 bridgehead atoms. The van der Waals surface area contributed by atoms with E-state index in [-0.39, 0.29) is 0 Å². The van der Waals surface area contributed by atoms with E-state index in [2.05, 4.69) is 21.6 Å². The molecule has 0 fully saturated rings. The first-order chi connectivity index (χ1) is 10.9. The van der Waals surface area contributed by atoms with Gasteiger partial charge in [0, 0.05) is 11.3 Å². The molecule has 0 aliphatic heterocycles. The van der Waals surface area contributed by atoms with Gasteiger partial charge in [-0.25, -0.2) is 0 Å². The maximum absolute atomic E-state index is 9.71. The monoisotopic (exact) mass is 289 g/mol. The summed E-state index contributed by atoms with van der Waals surface area (Å²) < 4.78 is 1.90. The van der Waals surface area contributed by atoms with E-state index in [4.69, 9.17) is 0 Å². The maximum Gasteiger partial charge on any atom is 0.165 e. The summed E-state index contributed by atoms with van der Waals surface area (Å²) in [5, 5.41) is 21.4. The first kappa shape index (κ1) is 12.8. The number of aryl methyl sites for hydroxylation is 1. The third-order valence-electron chi connectivity index (χ3n) is 4.21. The molecule has 4 rings (SSSR count). The van der Waals surface area contributed by atoms with Crippen LogP contribution in [-0.2, 0) is 12.8 Å². The van der Waals surface area contributed by atoms with Crippen LogP contribution in [0.4, 0.5) is 11.5 Å². The second-order valence-corrected chi connectivity index (χ2v) is 5.52. The van der Waals surface area contributed by atoms with Crippen LogP contribution in [0.2, 0.25) is 0 Å². The Hall–Kier alpha value is -2.87. The van der Waals surface area contributed by atoms with Crippen LogP contribution in [0, 0.1) is 11.3 Å². The molecule has 1 N–H and O–H groups in total. The second kappa shape index (κ2) is 5.15. The van der Waals surface area contributed by atoms with E-state index < -0.39 is 0 Å². The molecule has 5 nitrogen and oxygen atoms in total. The summed E-state index contributed by atoms with van der Waals surface area (Å²) in [6.45, 7) is 0. The van der Waals surface area contributed by atoms with Crippen molar-refractivity contribution in [3.05, 3.63) is 53.3 Å². The first-order valence-corrected chi connectivity index (χ1v) is 7.48. The lowest BCUT2D eigenvalue weighted by Gasteiger charge is -2.21. The lowest BCUT2D eigenvalue weighted by Crippen LogP contribution is -2.12. The SMILES string of the molecule is N#Cc1c2c(c3nncn3c1Nc1ccccc1)CCCC2. The van der Waals surface area contributed by atoms with Gasteiger partial charge in [0.1, 0.15) is 18.2 Å². The number of anilines is 2. The molecular formula is C17H15N5. The van der Waals surface area contributed by atoms with Crippen molar-refractivity contribution in [1.29, 1.82) is 5.26 Å². The number of para-hydroxylation sites is 1. The van der Waals surface area contributed by atoms with Crippen LogP contribution in [0.1, 0.15) is 29.5 Å². The topological polar surface area (TPSA) is 66.0 Å². The maximum atomic E-state index is 9.71. The second-order valence-electron chi connectivity index (χ2n) is 5.52. The number of hydrogen-bond donors (Lipinski definition) is 1. The number of pyridine rings is 1. The van der Waals surface area contributed by atoms with Crippen molar-refractivity contribution in [2.24, 2.45) is 0 Å². The van der Waals surface area contributed by atoms with Crippen molar-refractivity contribution in [1.82, 2.24) is 14.6 Å². The molecule has 0 radical (unpaired) electrons. The summed E-state index contributed by atoms with van der Waals surface area (Å²) in [4.78, 5) is 0. The molecule has 2 aromatic heterocycles. The molecule has 5 heteroatoms. The summed E-state index contributed by atoms with van der Waals surface area (Å²) >= 11 is 0. The van der Waals surface area contributed by atoms with Crippen molar-refractivity contribution in [3.8, 4) is 6.07 Å². The number of benzene rings is 1. The molecule has 0 spiro atoms. The number of hydrogen-bond acceptors (Lipinski definition) is 4. The normalized spacial score (nSPS) is 13.6. The van der Waals surface area contributed by atoms with E-state index in [9.17, 15) is 5.26 Å². The quantitative estimate of drug-likeness (QED) is 0.786. The van der Waals surface area contributed by atoms with Crippen LogP contribution in [-0.4, -0.2) is 14.6 Å². The van der Waals surface area contributed by atoms with Gasteiger partial charge in [-0.1, -0.05) is 18.2 Å². The summed E-state index contributed by atoms with van der Waals surface area (Å²) in [6, 6.07) is 12.3. The van der Waals surface area contributed by atoms with E-state index in [0.29, 0.717) is 5.56 Å². The highest BCUT2D eigenvalue weighted by Gasteiger charge is 2.23. The molecule has 1 aliphatic carbocycles. The fourth-order valence-electron chi connectivity index (χ4n) is 3.20. The highest BCUT2D eigenvalue weighted by Crippen LogP contribution is 2.33. The lowest BCUT2D eigenvalue weighted by molar-refractivity contribution is 0.683. The van der Waals surface area contributed by atoms with Gasteiger partial charge in [0.2, 0.25) is 0 Å².